The largest absolute Gasteiger partial charge is 0.492 e. The third kappa shape index (κ3) is 4.27. The topological polar surface area (TPSA) is 99.3 Å². The fourth-order valence-corrected chi connectivity index (χ4v) is 2.42. The molecule has 2 aromatic rings. The minimum atomic E-state index is -0.314. The molecule has 0 aliphatic heterocycles. The maximum absolute atomic E-state index is 11.8. The van der Waals surface area contributed by atoms with Crippen LogP contribution < -0.4 is 16.0 Å². The van der Waals surface area contributed by atoms with Crippen molar-refractivity contribution in [2.75, 3.05) is 19.8 Å². The number of rotatable bonds is 8. The maximum Gasteiger partial charge on any atom is 0.293 e. The monoisotopic (exact) mass is 335 g/mol. The van der Waals surface area contributed by atoms with Crippen LogP contribution in [0.25, 0.3) is 11.3 Å². The molecular formula is C15H17N3O4S. The van der Waals surface area contributed by atoms with E-state index in [1.165, 1.54) is 6.07 Å². The van der Waals surface area contributed by atoms with Gasteiger partial charge in [0.25, 0.3) is 12.0 Å². The minimum Gasteiger partial charge on any atom is -0.492 e. The predicted molar refractivity (Wildman–Crippen MR) is 87.9 cm³/mol. The van der Waals surface area contributed by atoms with E-state index in [2.05, 4.69) is 4.98 Å². The van der Waals surface area contributed by atoms with Crippen LogP contribution in [-0.4, -0.2) is 35.8 Å². The molecule has 0 amide bonds. The van der Waals surface area contributed by atoms with E-state index in [0.29, 0.717) is 43.2 Å². The molecule has 0 bridgehead atoms. The van der Waals surface area contributed by atoms with Crippen molar-refractivity contribution in [3.63, 3.8) is 0 Å². The van der Waals surface area contributed by atoms with Crippen molar-refractivity contribution in [1.82, 2.24) is 9.55 Å². The van der Waals surface area contributed by atoms with E-state index >= 15 is 0 Å². The van der Waals surface area contributed by atoms with E-state index in [1.807, 2.05) is 18.2 Å². The second kappa shape index (κ2) is 8.25. The lowest BCUT2D eigenvalue weighted by Crippen LogP contribution is -2.18. The highest BCUT2D eigenvalue weighted by atomic mass is 32.1. The highest BCUT2D eigenvalue weighted by Crippen LogP contribution is 2.29. The number of carbonyl (C=O) groups excluding carboxylic acids is 1. The summed E-state index contributed by atoms with van der Waals surface area (Å²) in [5, 5.41) is 0. The van der Waals surface area contributed by atoms with Gasteiger partial charge in [-0.1, -0.05) is 12.1 Å². The average molecular weight is 335 g/mol. The third-order valence-electron chi connectivity index (χ3n) is 3.07. The molecule has 0 atom stereocenters. The smallest absolute Gasteiger partial charge is 0.293 e. The molecule has 0 spiro atoms. The molecule has 23 heavy (non-hydrogen) atoms. The van der Waals surface area contributed by atoms with Gasteiger partial charge in [-0.3, -0.25) is 14.6 Å². The van der Waals surface area contributed by atoms with Gasteiger partial charge in [-0.05, 0) is 24.4 Å². The zero-order valence-electron chi connectivity index (χ0n) is 12.4. The van der Waals surface area contributed by atoms with Gasteiger partial charge in [0.05, 0.1) is 12.2 Å². The van der Waals surface area contributed by atoms with Crippen LogP contribution in [0, 0.1) is 4.77 Å². The SMILES string of the molecule is NCCOc1ccccc1-c1cc(=O)[nH]c(=S)n1CCOC=O. The van der Waals surface area contributed by atoms with Crippen molar-refractivity contribution < 1.29 is 14.3 Å². The summed E-state index contributed by atoms with van der Waals surface area (Å²) in [4.78, 5) is 24.7. The van der Waals surface area contributed by atoms with Gasteiger partial charge in [0.1, 0.15) is 19.0 Å². The normalized spacial score (nSPS) is 10.3. The summed E-state index contributed by atoms with van der Waals surface area (Å²) in [7, 11) is 0. The highest BCUT2D eigenvalue weighted by molar-refractivity contribution is 7.71. The van der Waals surface area contributed by atoms with Gasteiger partial charge in [-0.2, -0.15) is 0 Å². The number of aromatic nitrogens is 2. The molecule has 122 valence electrons. The molecule has 2 rings (SSSR count). The zero-order valence-corrected chi connectivity index (χ0v) is 13.2. The van der Waals surface area contributed by atoms with Crippen molar-refractivity contribution in [2.45, 2.75) is 6.54 Å². The van der Waals surface area contributed by atoms with Gasteiger partial charge < -0.3 is 19.8 Å². The van der Waals surface area contributed by atoms with E-state index < -0.39 is 0 Å². The van der Waals surface area contributed by atoms with Crippen molar-refractivity contribution in [2.24, 2.45) is 5.73 Å². The van der Waals surface area contributed by atoms with E-state index in [0.717, 1.165) is 0 Å². The zero-order chi connectivity index (χ0) is 16.7. The van der Waals surface area contributed by atoms with Crippen LogP contribution in [-0.2, 0) is 16.1 Å². The highest BCUT2D eigenvalue weighted by Gasteiger charge is 2.12. The number of nitrogens with two attached hydrogens (primary N) is 1. The summed E-state index contributed by atoms with van der Waals surface area (Å²) < 4.78 is 12.3. The molecule has 0 saturated carbocycles. The van der Waals surface area contributed by atoms with Crippen molar-refractivity contribution >= 4 is 18.7 Å². The Morgan fingerprint density at radius 1 is 1.30 bits per heavy atom. The van der Waals surface area contributed by atoms with Crippen LogP contribution in [0.5, 0.6) is 5.75 Å². The van der Waals surface area contributed by atoms with Crippen molar-refractivity contribution in [1.29, 1.82) is 0 Å². The number of hydrogen-bond acceptors (Lipinski definition) is 6. The standard InChI is InChI=1S/C15H17N3O4S/c16-5-7-22-13-4-2-1-3-11(13)12-9-14(20)17-15(23)18(12)6-8-21-10-19/h1-4,9-10H,5-8,16H2,(H,17,20,23). The second-order valence-electron chi connectivity index (χ2n) is 4.58. The molecule has 0 aliphatic rings. The number of ether oxygens (including phenoxy) is 2. The Kier molecular flexibility index (Phi) is 6.07. The van der Waals surface area contributed by atoms with E-state index in [9.17, 15) is 9.59 Å². The van der Waals surface area contributed by atoms with Crippen LogP contribution in [0.4, 0.5) is 0 Å². The van der Waals surface area contributed by atoms with E-state index in [1.54, 1.807) is 10.6 Å². The lowest BCUT2D eigenvalue weighted by atomic mass is 10.1. The molecule has 0 aliphatic carbocycles. The van der Waals surface area contributed by atoms with Gasteiger partial charge in [0, 0.05) is 18.2 Å². The Morgan fingerprint density at radius 2 is 2.09 bits per heavy atom. The summed E-state index contributed by atoms with van der Waals surface area (Å²) in [6, 6.07) is 8.72. The van der Waals surface area contributed by atoms with E-state index in [4.69, 9.17) is 27.4 Å². The molecule has 0 fully saturated rings. The summed E-state index contributed by atoms with van der Waals surface area (Å²) in [5.74, 6) is 0.600. The summed E-state index contributed by atoms with van der Waals surface area (Å²) in [5.41, 5.74) is 6.46. The Morgan fingerprint density at radius 3 is 2.83 bits per heavy atom. The van der Waals surface area contributed by atoms with Crippen LogP contribution >= 0.6 is 12.2 Å². The van der Waals surface area contributed by atoms with Gasteiger partial charge in [-0.25, -0.2) is 0 Å². The molecular weight excluding hydrogens is 318 g/mol. The molecule has 8 heteroatoms. The fraction of sp³-hybridized carbons (Fsp3) is 0.267. The number of nitrogens with one attached hydrogen (secondary N) is 1. The van der Waals surface area contributed by atoms with Gasteiger partial charge in [-0.15, -0.1) is 0 Å². The van der Waals surface area contributed by atoms with Gasteiger partial charge in [0.2, 0.25) is 0 Å². The summed E-state index contributed by atoms with van der Waals surface area (Å²) in [6.45, 7) is 1.56. The number of benzene rings is 1. The molecule has 0 unspecified atom stereocenters. The Bertz CT molecular complexity index is 785. The first-order valence-electron chi connectivity index (χ1n) is 6.99. The van der Waals surface area contributed by atoms with Crippen molar-refractivity contribution in [3.05, 3.63) is 45.5 Å². The summed E-state index contributed by atoms with van der Waals surface area (Å²) in [6.07, 6.45) is 0. The summed E-state index contributed by atoms with van der Waals surface area (Å²) >= 11 is 5.21. The molecule has 3 N–H and O–H groups in total. The Balaban J connectivity index is 2.51. The average Bonchev–Trinajstić information content (AvgIpc) is 2.55. The first-order chi connectivity index (χ1) is 11.2. The Labute approximate surface area is 137 Å². The number of aromatic amines is 1. The van der Waals surface area contributed by atoms with Crippen LogP contribution in [0.3, 0.4) is 0 Å². The molecule has 0 radical (unpaired) electrons. The van der Waals surface area contributed by atoms with Crippen LogP contribution in [0.1, 0.15) is 0 Å². The first-order valence-corrected chi connectivity index (χ1v) is 7.40. The third-order valence-corrected chi connectivity index (χ3v) is 3.40. The molecule has 1 heterocycles. The minimum absolute atomic E-state index is 0.142. The molecule has 1 aromatic heterocycles. The number of carbonyl (C=O) groups is 1. The quantitative estimate of drug-likeness (QED) is 0.425. The number of nitrogens with zero attached hydrogens (tertiary/aromatic N) is 1. The van der Waals surface area contributed by atoms with Crippen molar-refractivity contribution in [3.8, 4) is 17.0 Å². The number of hydrogen-bond donors (Lipinski definition) is 2. The molecule has 7 nitrogen and oxygen atoms in total. The lowest BCUT2D eigenvalue weighted by molar-refractivity contribution is -0.128. The first kappa shape index (κ1) is 16.9. The predicted octanol–water partition coefficient (Wildman–Crippen LogP) is 1.08. The maximum atomic E-state index is 11.8. The van der Waals surface area contributed by atoms with Gasteiger partial charge in [0.15, 0.2) is 4.77 Å². The van der Waals surface area contributed by atoms with Crippen LogP contribution in [0.2, 0.25) is 0 Å². The Hall–Kier alpha value is -2.45. The number of H-pyrrole nitrogens is 1. The van der Waals surface area contributed by atoms with E-state index in [-0.39, 0.29) is 16.9 Å². The molecule has 0 saturated heterocycles. The molecule has 1 aromatic carbocycles. The van der Waals surface area contributed by atoms with Crippen LogP contribution in [0.15, 0.2) is 35.1 Å². The lowest BCUT2D eigenvalue weighted by Gasteiger charge is -2.16. The van der Waals surface area contributed by atoms with Gasteiger partial charge >= 0.3 is 0 Å². The fourth-order valence-electron chi connectivity index (χ4n) is 2.13. The number of para-hydroxylation sites is 1. The second-order valence-corrected chi connectivity index (χ2v) is 4.96.